The number of carbonyl (C=O) groups excluding carboxylic acids is 1. The molecule has 0 radical (unpaired) electrons. The van der Waals surface area contributed by atoms with E-state index >= 15 is 0 Å². The molecule has 5 heteroatoms. The predicted molar refractivity (Wildman–Crippen MR) is 71.9 cm³/mol. The first kappa shape index (κ1) is 12.2. The van der Waals surface area contributed by atoms with Gasteiger partial charge in [-0.2, -0.15) is 5.10 Å². The molecule has 2 aromatic rings. The Morgan fingerprint density at radius 3 is 2.94 bits per heavy atom. The van der Waals surface area contributed by atoms with Crippen LogP contribution in [-0.2, 0) is 0 Å². The Balaban J connectivity index is 2.25. The van der Waals surface area contributed by atoms with Gasteiger partial charge < -0.3 is 10.6 Å². The molecule has 0 bridgehead atoms. The minimum Gasteiger partial charge on any atom is -0.385 e. The number of anilines is 2. The fourth-order valence-electron chi connectivity index (χ4n) is 1.71. The second kappa shape index (κ2) is 5.35. The highest BCUT2D eigenvalue weighted by atomic mass is 16.1. The topological polar surface area (TPSA) is 69.8 Å². The maximum atomic E-state index is 12.2. The van der Waals surface area contributed by atoms with E-state index in [1.165, 1.54) is 0 Å². The molecular weight excluding hydrogens is 228 g/mol. The molecule has 1 aromatic carbocycles. The average molecular weight is 244 g/mol. The molecule has 1 amide bonds. The number of carbonyl (C=O) groups is 1. The Labute approximate surface area is 106 Å². The highest BCUT2D eigenvalue weighted by molar-refractivity contribution is 6.08. The lowest BCUT2D eigenvalue weighted by Gasteiger charge is -2.11. The largest absolute Gasteiger partial charge is 0.385 e. The van der Waals surface area contributed by atoms with Crippen LogP contribution in [0, 0.1) is 6.92 Å². The first-order valence-corrected chi connectivity index (χ1v) is 5.85. The molecule has 1 heterocycles. The van der Waals surface area contributed by atoms with Gasteiger partial charge >= 0.3 is 0 Å². The number of hydrogen-bond donors (Lipinski definition) is 3. The van der Waals surface area contributed by atoms with E-state index in [9.17, 15) is 4.79 Å². The van der Waals surface area contributed by atoms with Gasteiger partial charge in [0.2, 0.25) is 0 Å². The number of aromatic amines is 1. The SMILES string of the molecule is CCNc1ccc(C)cc1C(=O)Nc1cn[nH]c1. The number of aryl methyl sites for hydroxylation is 1. The summed E-state index contributed by atoms with van der Waals surface area (Å²) in [6.45, 7) is 4.73. The van der Waals surface area contributed by atoms with Crippen LogP contribution in [0.25, 0.3) is 0 Å². The summed E-state index contributed by atoms with van der Waals surface area (Å²) in [4.78, 5) is 12.2. The van der Waals surface area contributed by atoms with Crippen LogP contribution < -0.4 is 10.6 Å². The smallest absolute Gasteiger partial charge is 0.257 e. The van der Waals surface area contributed by atoms with Crippen molar-refractivity contribution in [3.05, 3.63) is 41.7 Å². The number of aromatic nitrogens is 2. The van der Waals surface area contributed by atoms with Gasteiger partial charge in [-0.05, 0) is 26.0 Å². The molecule has 3 N–H and O–H groups in total. The Hall–Kier alpha value is -2.30. The Morgan fingerprint density at radius 2 is 2.28 bits per heavy atom. The summed E-state index contributed by atoms with van der Waals surface area (Å²) >= 11 is 0. The van der Waals surface area contributed by atoms with Crippen molar-refractivity contribution in [2.75, 3.05) is 17.2 Å². The summed E-state index contributed by atoms with van der Waals surface area (Å²) in [5.74, 6) is -0.143. The van der Waals surface area contributed by atoms with E-state index in [4.69, 9.17) is 0 Å². The fourth-order valence-corrected chi connectivity index (χ4v) is 1.71. The zero-order chi connectivity index (χ0) is 13.0. The summed E-state index contributed by atoms with van der Waals surface area (Å²) < 4.78 is 0. The monoisotopic (exact) mass is 244 g/mol. The number of nitrogens with zero attached hydrogens (tertiary/aromatic N) is 1. The molecule has 2 rings (SSSR count). The van der Waals surface area contributed by atoms with Crippen LogP contribution in [0.1, 0.15) is 22.8 Å². The molecule has 94 valence electrons. The molecule has 0 atom stereocenters. The van der Waals surface area contributed by atoms with Gasteiger partial charge in [-0.15, -0.1) is 0 Å². The third-order valence-electron chi connectivity index (χ3n) is 2.54. The highest BCUT2D eigenvalue weighted by Gasteiger charge is 2.11. The van der Waals surface area contributed by atoms with Crippen LogP contribution in [0.3, 0.4) is 0 Å². The summed E-state index contributed by atoms with van der Waals surface area (Å²) in [5.41, 5.74) is 3.18. The molecule has 0 unspecified atom stereocenters. The minimum absolute atomic E-state index is 0.143. The predicted octanol–water partition coefficient (Wildman–Crippen LogP) is 2.40. The van der Waals surface area contributed by atoms with Gasteiger partial charge in [0.15, 0.2) is 0 Å². The van der Waals surface area contributed by atoms with Crippen LogP contribution in [0.4, 0.5) is 11.4 Å². The zero-order valence-electron chi connectivity index (χ0n) is 10.4. The van der Waals surface area contributed by atoms with Crippen molar-refractivity contribution in [2.45, 2.75) is 13.8 Å². The van der Waals surface area contributed by atoms with Crippen molar-refractivity contribution in [2.24, 2.45) is 0 Å². The van der Waals surface area contributed by atoms with Gasteiger partial charge in [0.1, 0.15) is 0 Å². The van der Waals surface area contributed by atoms with Crippen LogP contribution in [-0.4, -0.2) is 22.6 Å². The molecule has 0 aliphatic rings. The number of benzene rings is 1. The Morgan fingerprint density at radius 1 is 1.44 bits per heavy atom. The molecule has 0 spiro atoms. The van der Waals surface area contributed by atoms with Crippen molar-refractivity contribution in [1.29, 1.82) is 0 Å². The lowest BCUT2D eigenvalue weighted by Crippen LogP contribution is -2.14. The standard InChI is InChI=1S/C13H16N4O/c1-3-14-12-5-4-9(2)6-11(12)13(18)17-10-7-15-16-8-10/h4-8,14H,3H2,1-2H3,(H,15,16)(H,17,18). The second-order valence-corrected chi connectivity index (χ2v) is 4.02. The summed E-state index contributed by atoms with van der Waals surface area (Å²) in [6, 6.07) is 5.77. The third kappa shape index (κ3) is 2.68. The Kier molecular flexibility index (Phi) is 3.62. The highest BCUT2D eigenvalue weighted by Crippen LogP contribution is 2.18. The molecule has 0 aliphatic carbocycles. The van der Waals surface area contributed by atoms with E-state index in [2.05, 4.69) is 20.8 Å². The number of amides is 1. The van der Waals surface area contributed by atoms with E-state index in [0.29, 0.717) is 11.3 Å². The Bertz CT molecular complexity index is 534. The molecule has 0 saturated carbocycles. The number of rotatable bonds is 4. The van der Waals surface area contributed by atoms with Crippen molar-refractivity contribution in [3.8, 4) is 0 Å². The van der Waals surface area contributed by atoms with Gasteiger partial charge in [0.05, 0.1) is 17.4 Å². The lowest BCUT2D eigenvalue weighted by atomic mass is 10.1. The van der Waals surface area contributed by atoms with E-state index < -0.39 is 0 Å². The van der Waals surface area contributed by atoms with E-state index in [-0.39, 0.29) is 5.91 Å². The molecule has 5 nitrogen and oxygen atoms in total. The first-order chi connectivity index (χ1) is 8.70. The van der Waals surface area contributed by atoms with Crippen molar-refractivity contribution >= 4 is 17.3 Å². The first-order valence-electron chi connectivity index (χ1n) is 5.85. The normalized spacial score (nSPS) is 10.1. The number of H-pyrrole nitrogens is 1. The average Bonchev–Trinajstić information content (AvgIpc) is 2.84. The quantitative estimate of drug-likeness (QED) is 0.773. The van der Waals surface area contributed by atoms with Crippen LogP contribution >= 0.6 is 0 Å². The van der Waals surface area contributed by atoms with E-state index in [1.807, 2.05) is 32.0 Å². The van der Waals surface area contributed by atoms with Crippen molar-refractivity contribution in [1.82, 2.24) is 10.2 Å². The molecule has 0 saturated heterocycles. The molecule has 18 heavy (non-hydrogen) atoms. The van der Waals surface area contributed by atoms with Gasteiger partial charge in [-0.3, -0.25) is 9.89 Å². The van der Waals surface area contributed by atoms with Crippen LogP contribution in [0.15, 0.2) is 30.6 Å². The lowest BCUT2D eigenvalue weighted by molar-refractivity contribution is 0.102. The molecule has 0 fully saturated rings. The third-order valence-corrected chi connectivity index (χ3v) is 2.54. The second-order valence-electron chi connectivity index (χ2n) is 4.02. The maximum Gasteiger partial charge on any atom is 0.257 e. The van der Waals surface area contributed by atoms with Gasteiger partial charge in [-0.25, -0.2) is 0 Å². The molecule has 1 aromatic heterocycles. The number of nitrogens with one attached hydrogen (secondary N) is 3. The minimum atomic E-state index is -0.143. The number of hydrogen-bond acceptors (Lipinski definition) is 3. The van der Waals surface area contributed by atoms with E-state index in [0.717, 1.165) is 17.8 Å². The van der Waals surface area contributed by atoms with Gasteiger partial charge in [0, 0.05) is 18.4 Å². The molecular formula is C13H16N4O. The summed E-state index contributed by atoms with van der Waals surface area (Å²) in [5, 5.41) is 12.4. The summed E-state index contributed by atoms with van der Waals surface area (Å²) in [7, 11) is 0. The van der Waals surface area contributed by atoms with Crippen LogP contribution in [0.5, 0.6) is 0 Å². The molecule has 0 aliphatic heterocycles. The maximum absolute atomic E-state index is 12.2. The fraction of sp³-hybridized carbons (Fsp3) is 0.231. The van der Waals surface area contributed by atoms with Crippen molar-refractivity contribution in [3.63, 3.8) is 0 Å². The van der Waals surface area contributed by atoms with E-state index in [1.54, 1.807) is 12.4 Å². The zero-order valence-corrected chi connectivity index (χ0v) is 10.4. The summed E-state index contributed by atoms with van der Waals surface area (Å²) in [6.07, 6.45) is 3.21. The van der Waals surface area contributed by atoms with Gasteiger partial charge in [-0.1, -0.05) is 11.6 Å². The van der Waals surface area contributed by atoms with Crippen LogP contribution in [0.2, 0.25) is 0 Å². The van der Waals surface area contributed by atoms with Gasteiger partial charge in [0.25, 0.3) is 5.91 Å². The van der Waals surface area contributed by atoms with Crippen molar-refractivity contribution < 1.29 is 4.79 Å².